The molecule has 0 aliphatic heterocycles. The summed E-state index contributed by atoms with van der Waals surface area (Å²) in [7, 11) is 0. The Morgan fingerprint density at radius 2 is 2.25 bits per heavy atom. The predicted octanol–water partition coefficient (Wildman–Crippen LogP) is 3.05. The molecule has 1 aromatic heterocycles. The molecule has 0 bridgehead atoms. The predicted molar refractivity (Wildman–Crippen MR) is 70.1 cm³/mol. The first-order valence-electron chi connectivity index (χ1n) is 5.28. The first-order valence-corrected chi connectivity index (χ1v) is 6.64. The van der Waals surface area contributed by atoms with Crippen molar-refractivity contribution in [1.82, 2.24) is 9.97 Å². The van der Waals surface area contributed by atoms with E-state index in [1.54, 1.807) is 11.8 Å². The summed E-state index contributed by atoms with van der Waals surface area (Å²) < 4.78 is 0. The van der Waals surface area contributed by atoms with Crippen LogP contribution in [0.25, 0.3) is 11.0 Å². The van der Waals surface area contributed by atoms with Crippen LogP contribution in [0, 0.1) is 0 Å². The van der Waals surface area contributed by atoms with E-state index in [0.29, 0.717) is 0 Å². The summed E-state index contributed by atoms with van der Waals surface area (Å²) in [6.07, 6.45) is 2.19. The lowest BCUT2D eigenvalue weighted by Crippen LogP contribution is -1.98. The van der Waals surface area contributed by atoms with E-state index < -0.39 is 0 Å². The fourth-order valence-corrected chi connectivity index (χ4v) is 2.50. The van der Waals surface area contributed by atoms with E-state index in [4.69, 9.17) is 17.3 Å². The maximum Gasteiger partial charge on any atom is 0.166 e. The van der Waals surface area contributed by atoms with Crippen LogP contribution in [0.5, 0.6) is 0 Å². The lowest BCUT2D eigenvalue weighted by Gasteiger charge is -1.95. The van der Waals surface area contributed by atoms with Gasteiger partial charge in [0.05, 0.1) is 11.0 Å². The summed E-state index contributed by atoms with van der Waals surface area (Å²) >= 11 is 7.63. The second-order valence-corrected chi connectivity index (χ2v) is 5.07. The minimum atomic E-state index is 0.732. The SMILES string of the molecule is NCCCCSc1nc2ccc(Cl)cc2[nH]1. The zero-order valence-electron chi connectivity index (χ0n) is 8.87. The third-order valence-electron chi connectivity index (χ3n) is 2.26. The number of H-pyrrole nitrogens is 1. The van der Waals surface area contributed by atoms with Crippen molar-refractivity contribution in [3.63, 3.8) is 0 Å². The van der Waals surface area contributed by atoms with Crippen molar-refractivity contribution in [3.8, 4) is 0 Å². The molecule has 3 nitrogen and oxygen atoms in total. The molecular weight excluding hydrogens is 242 g/mol. The van der Waals surface area contributed by atoms with Crippen LogP contribution < -0.4 is 5.73 Å². The molecule has 5 heteroatoms. The summed E-state index contributed by atoms with van der Waals surface area (Å²) in [5.41, 5.74) is 7.40. The number of halogens is 1. The van der Waals surface area contributed by atoms with Crippen molar-refractivity contribution in [2.45, 2.75) is 18.0 Å². The summed E-state index contributed by atoms with van der Waals surface area (Å²) in [6, 6.07) is 5.68. The highest BCUT2D eigenvalue weighted by Gasteiger charge is 2.03. The van der Waals surface area contributed by atoms with Gasteiger partial charge in [-0.1, -0.05) is 23.4 Å². The number of fused-ring (bicyclic) bond motifs is 1. The highest BCUT2D eigenvalue weighted by atomic mass is 35.5. The lowest BCUT2D eigenvalue weighted by molar-refractivity contribution is 0.813. The van der Waals surface area contributed by atoms with Gasteiger partial charge in [-0.05, 0) is 37.6 Å². The Balaban J connectivity index is 2.02. The number of hydrogen-bond donors (Lipinski definition) is 2. The Labute approximate surface area is 104 Å². The van der Waals surface area contributed by atoms with Crippen LogP contribution in [0.3, 0.4) is 0 Å². The Morgan fingerprint density at radius 1 is 1.38 bits per heavy atom. The van der Waals surface area contributed by atoms with E-state index in [0.717, 1.165) is 46.4 Å². The number of rotatable bonds is 5. The standard InChI is InChI=1S/C11H14ClN3S/c12-8-3-4-9-10(7-8)15-11(14-9)16-6-2-1-5-13/h3-4,7H,1-2,5-6,13H2,(H,14,15). The van der Waals surface area contributed by atoms with Crippen molar-refractivity contribution in [3.05, 3.63) is 23.2 Å². The van der Waals surface area contributed by atoms with E-state index in [9.17, 15) is 0 Å². The average molecular weight is 256 g/mol. The summed E-state index contributed by atoms with van der Waals surface area (Å²) in [6.45, 7) is 0.760. The molecule has 0 aliphatic rings. The molecule has 1 aromatic carbocycles. The number of hydrogen-bond acceptors (Lipinski definition) is 3. The highest BCUT2D eigenvalue weighted by Crippen LogP contribution is 2.22. The fourth-order valence-electron chi connectivity index (χ4n) is 1.44. The molecule has 0 amide bonds. The minimum Gasteiger partial charge on any atom is -0.333 e. The molecule has 0 saturated carbocycles. The van der Waals surface area contributed by atoms with Crippen LogP contribution in [0.1, 0.15) is 12.8 Å². The van der Waals surface area contributed by atoms with E-state index in [1.165, 1.54) is 0 Å². The summed E-state index contributed by atoms with van der Waals surface area (Å²) in [5.74, 6) is 1.05. The first-order chi connectivity index (χ1) is 7.79. The van der Waals surface area contributed by atoms with Gasteiger partial charge >= 0.3 is 0 Å². The van der Waals surface area contributed by atoms with Gasteiger partial charge in [0.15, 0.2) is 5.16 Å². The maximum atomic E-state index is 5.91. The topological polar surface area (TPSA) is 54.7 Å². The van der Waals surface area contributed by atoms with Crippen molar-refractivity contribution in [1.29, 1.82) is 0 Å². The molecule has 86 valence electrons. The lowest BCUT2D eigenvalue weighted by atomic mass is 10.3. The molecule has 0 fully saturated rings. The van der Waals surface area contributed by atoms with Gasteiger partial charge in [-0.2, -0.15) is 0 Å². The quantitative estimate of drug-likeness (QED) is 0.638. The van der Waals surface area contributed by atoms with Gasteiger partial charge < -0.3 is 10.7 Å². The second-order valence-electron chi connectivity index (χ2n) is 3.55. The van der Waals surface area contributed by atoms with Gasteiger partial charge in [-0.25, -0.2) is 4.98 Å². The second kappa shape index (κ2) is 5.57. The van der Waals surface area contributed by atoms with Crippen LogP contribution in [-0.2, 0) is 0 Å². The zero-order chi connectivity index (χ0) is 11.4. The van der Waals surface area contributed by atoms with Crippen LogP contribution in [0.4, 0.5) is 0 Å². The smallest absolute Gasteiger partial charge is 0.166 e. The van der Waals surface area contributed by atoms with E-state index in [1.807, 2.05) is 18.2 Å². The number of benzene rings is 1. The highest BCUT2D eigenvalue weighted by molar-refractivity contribution is 7.99. The molecule has 16 heavy (non-hydrogen) atoms. The molecule has 0 radical (unpaired) electrons. The summed E-state index contributed by atoms with van der Waals surface area (Å²) in [5, 5.41) is 1.69. The van der Waals surface area contributed by atoms with Gasteiger partial charge in [0.25, 0.3) is 0 Å². The third-order valence-corrected chi connectivity index (χ3v) is 3.45. The zero-order valence-corrected chi connectivity index (χ0v) is 10.4. The Morgan fingerprint density at radius 3 is 3.06 bits per heavy atom. The van der Waals surface area contributed by atoms with Gasteiger partial charge in [0, 0.05) is 10.8 Å². The Bertz CT molecular complexity index is 469. The van der Waals surface area contributed by atoms with Crippen LogP contribution >= 0.6 is 23.4 Å². The number of nitrogens with one attached hydrogen (secondary N) is 1. The fraction of sp³-hybridized carbons (Fsp3) is 0.364. The first kappa shape index (κ1) is 11.8. The molecule has 3 N–H and O–H groups in total. The number of nitrogens with two attached hydrogens (primary N) is 1. The van der Waals surface area contributed by atoms with E-state index in [-0.39, 0.29) is 0 Å². The molecule has 0 spiro atoms. The Hall–Kier alpha value is -0.710. The van der Waals surface area contributed by atoms with Crippen molar-refractivity contribution < 1.29 is 0 Å². The van der Waals surface area contributed by atoms with Crippen LogP contribution in [0.15, 0.2) is 23.4 Å². The number of aromatic amines is 1. The van der Waals surface area contributed by atoms with E-state index in [2.05, 4.69) is 9.97 Å². The van der Waals surface area contributed by atoms with Crippen LogP contribution in [0.2, 0.25) is 5.02 Å². The van der Waals surface area contributed by atoms with Gasteiger partial charge in [0.2, 0.25) is 0 Å². The average Bonchev–Trinajstić information content (AvgIpc) is 2.66. The Kier molecular flexibility index (Phi) is 4.09. The van der Waals surface area contributed by atoms with Crippen molar-refractivity contribution in [2.24, 2.45) is 5.73 Å². The number of aromatic nitrogens is 2. The largest absolute Gasteiger partial charge is 0.333 e. The third kappa shape index (κ3) is 2.90. The molecule has 2 aromatic rings. The number of thioether (sulfide) groups is 1. The number of imidazole rings is 1. The van der Waals surface area contributed by atoms with E-state index >= 15 is 0 Å². The summed E-state index contributed by atoms with van der Waals surface area (Å²) in [4.78, 5) is 7.72. The van der Waals surface area contributed by atoms with Gasteiger partial charge in [-0.15, -0.1) is 0 Å². The number of unbranched alkanes of at least 4 members (excludes halogenated alkanes) is 1. The monoisotopic (exact) mass is 255 g/mol. The van der Waals surface area contributed by atoms with Crippen LogP contribution in [-0.4, -0.2) is 22.3 Å². The molecule has 0 atom stereocenters. The molecular formula is C11H14ClN3S. The molecule has 1 heterocycles. The normalized spacial score (nSPS) is 11.1. The molecule has 0 unspecified atom stereocenters. The van der Waals surface area contributed by atoms with Gasteiger partial charge in [-0.3, -0.25) is 0 Å². The molecule has 2 rings (SSSR count). The molecule has 0 aliphatic carbocycles. The molecule has 0 saturated heterocycles. The van der Waals surface area contributed by atoms with Crippen molar-refractivity contribution >= 4 is 34.4 Å². The maximum absolute atomic E-state index is 5.91. The van der Waals surface area contributed by atoms with Crippen molar-refractivity contribution in [2.75, 3.05) is 12.3 Å². The van der Waals surface area contributed by atoms with Gasteiger partial charge in [0.1, 0.15) is 0 Å². The minimum absolute atomic E-state index is 0.732. The number of nitrogens with zero attached hydrogens (tertiary/aromatic N) is 1.